The molecule has 1 aliphatic rings. The highest BCUT2D eigenvalue weighted by atomic mass is 127. The molecular formula is C20H32IN3O5. The molecule has 0 spiro atoms. The smallest absolute Gasteiger partial charge is 0.309 e. The first-order valence-electron chi connectivity index (χ1n) is 9.49. The molecule has 9 heteroatoms. The Bertz CT molecular complexity index is 666. The first-order chi connectivity index (χ1) is 13.6. The lowest BCUT2D eigenvalue weighted by molar-refractivity contribution is -0.149. The summed E-state index contributed by atoms with van der Waals surface area (Å²) in [6.45, 7) is 4.25. The molecule has 0 unspecified atom stereocenters. The molecule has 0 saturated carbocycles. The molecule has 0 bridgehead atoms. The molecule has 0 amide bonds. The van der Waals surface area contributed by atoms with Gasteiger partial charge in [0.15, 0.2) is 5.96 Å². The number of likely N-dealkylation sites (tertiary alicyclic amines) is 1. The van der Waals surface area contributed by atoms with Crippen molar-refractivity contribution in [1.82, 2.24) is 10.2 Å². The molecule has 164 valence electrons. The minimum atomic E-state index is -0.0993. The summed E-state index contributed by atoms with van der Waals surface area (Å²) in [4.78, 5) is 18.5. The number of hydrogen-bond donors (Lipinski definition) is 1. The second-order valence-electron chi connectivity index (χ2n) is 6.42. The van der Waals surface area contributed by atoms with Gasteiger partial charge >= 0.3 is 5.97 Å². The van der Waals surface area contributed by atoms with Crippen LogP contribution in [-0.2, 0) is 16.1 Å². The maximum Gasteiger partial charge on any atom is 0.309 e. The Morgan fingerprint density at radius 1 is 1.14 bits per heavy atom. The third kappa shape index (κ3) is 6.55. The Hall–Kier alpha value is -1.91. The molecule has 0 radical (unpaired) electrons. The van der Waals surface area contributed by atoms with Gasteiger partial charge in [0, 0.05) is 32.3 Å². The van der Waals surface area contributed by atoms with Crippen LogP contribution >= 0.6 is 24.0 Å². The van der Waals surface area contributed by atoms with Gasteiger partial charge < -0.3 is 29.2 Å². The second kappa shape index (κ2) is 12.6. The topological polar surface area (TPSA) is 81.6 Å². The third-order valence-corrected chi connectivity index (χ3v) is 4.87. The minimum absolute atomic E-state index is 0. The molecule has 1 fully saturated rings. The van der Waals surface area contributed by atoms with E-state index in [0.29, 0.717) is 30.4 Å². The molecule has 0 aromatic heterocycles. The van der Waals surface area contributed by atoms with Gasteiger partial charge in [0.25, 0.3) is 0 Å². The van der Waals surface area contributed by atoms with E-state index in [1.54, 1.807) is 28.4 Å². The molecule has 1 aromatic carbocycles. The van der Waals surface area contributed by atoms with E-state index in [1.807, 2.05) is 19.1 Å². The highest BCUT2D eigenvalue weighted by molar-refractivity contribution is 14.0. The summed E-state index contributed by atoms with van der Waals surface area (Å²) < 4.78 is 21.4. The predicted octanol–water partition coefficient (Wildman–Crippen LogP) is 2.68. The molecule has 1 N–H and O–H groups in total. The van der Waals surface area contributed by atoms with Crippen molar-refractivity contribution >= 4 is 35.9 Å². The highest BCUT2D eigenvalue weighted by Crippen LogP contribution is 2.34. The average Bonchev–Trinajstić information content (AvgIpc) is 2.74. The number of ether oxygens (including phenoxy) is 4. The van der Waals surface area contributed by atoms with Gasteiger partial charge in [-0.1, -0.05) is 0 Å². The fourth-order valence-electron chi connectivity index (χ4n) is 3.34. The Balaban J connectivity index is 0.00000420. The Morgan fingerprint density at radius 3 is 2.17 bits per heavy atom. The fourth-order valence-corrected chi connectivity index (χ4v) is 3.34. The predicted molar refractivity (Wildman–Crippen MR) is 123 cm³/mol. The molecular weight excluding hydrogens is 489 g/mol. The van der Waals surface area contributed by atoms with Crippen molar-refractivity contribution in [3.63, 3.8) is 0 Å². The number of nitrogens with one attached hydrogen (secondary N) is 1. The normalized spacial score (nSPS) is 14.7. The number of methoxy groups -OCH3 is 3. The van der Waals surface area contributed by atoms with E-state index >= 15 is 0 Å². The number of benzene rings is 1. The summed E-state index contributed by atoms with van der Waals surface area (Å²) in [5.74, 6) is 2.68. The molecule has 0 aliphatic carbocycles. The van der Waals surface area contributed by atoms with Gasteiger partial charge in [-0.05, 0) is 19.8 Å². The molecule has 29 heavy (non-hydrogen) atoms. The first kappa shape index (κ1) is 25.1. The van der Waals surface area contributed by atoms with Crippen molar-refractivity contribution in [1.29, 1.82) is 0 Å². The summed E-state index contributed by atoms with van der Waals surface area (Å²) in [6.07, 6.45) is 1.52. The number of hydrogen-bond acceptors (Lipinski definition) is 6. The minimum Gasteiger partial charge on any atom is -0.496 e. The van der Waals surface area contributed by atoms with Crippen molar-refractivity contribution in [2.24, 2.45) is 10.9 Å². The van der Waals surface area contributed by atoms with Gasteiger partial charge in [-0.2, -0.15) is 0 Å². The third-order valence-electron chi connectivity index (χ3n) is 4.87. The number of esters is 1. The lowest BCUT2D eigenvalue weighted by atomic mass is 9.97. The number of guanidine groups is 1. The van der Waals surface area contributed by atoms with Gasteiger partial charge in [0.1, 0.15) is 17.2 Å². The Kier molecular flexibility index (Phi) is 10.9. The zero-order valence-electron chi connectivity index (χ0n) is 17.8. The van der Waals surface area contributed by atoms with E-state index in [4.69, 9.17) is 18.9 Å². The van der Waals surface area contributed by atoms with E-state index in [0.717, 1.165) is 37.5 Å². The van der Waals surface area contributed by atoms with Crippen LogP contribution in [0.5, 0.6) is 17.2 Å². The van der Waals surface area contributed by atoms with E-state index < -0.39 is 0 Å². The molecule has 1 aliphatic heterocycles. The van der Waals surface area contributed by atoms with E-state index in [-0.39, 0.29) is 35.9 Å². The van der Waals surface area contributed by atoms with Crippen LogP contribution in [-0.4, -0.2) is 64.9 Å². The monoisotopic (exact) mass is 521 g/mol. The SMILES string of the molecule is CCOC(=O)C1CCN(C(=NC)NCc2c(OC)cc(OC)cc2OC)CC1.I. The first-order valence-corrected chi connectivity index (χ1v) is 9.49. The van der Waals surface area contributed by atoms with Crippen LogP contribution in [0.2, 0.25) is 0 Å². The van der Waals surface area contributed by atoms with Crippen LogP contribution in [0, 0.1) is 5.92 Å². The van der Waals surface area contributed by atoms with Crippen molar-refractivity contribution in [3.05, 3.63) is 17.7 Å². The largest absolute Gasteiger partial charge is 0.496 e. The number of carbonyl (C=O) groups excluding carboxylic acids is 1. The average molecular weight is 521 g/mol. The summed E-state index contributed by atoms with van der Waals surface area (Å²) in [7, 11) is 6.59. The van der Waals surface area contributed by atoms with E-state index in [1.165, 1.54) is 0 Å². The summed E-state index contributed by atoms with van der Waals surface area (Å²) in [5, 5.41) is 3.37. The standard InChI is InChI=1S/C20H31N3O5.HI/c1-6-28-19(24)14-7-9-23(10-8-14)20(21-2)22-13-16-17(26-4)11-15(25-3)12-18(16)27-5;/h11-12,14H,6-10,13H2,1-5H3,(H,21,22);1H. The van der Waals surface area contributed by atoms with Crippen LogP contribution in [0.25, 0.3) is 0 Å². The number of aliphatic imine (C=N–C) groups is 1. The van der Waals surface area contributed by atoms with Gasteiger partial charge in [-0.3, -0.25) is 9.79 Å². The Morgan fingerprint density at radius 2 is 1.72 bits per heavy atom. The van der Waals surface area contributed by atoms with Gasteiger partial charge in [0.05, 0.1) is 46.0 Å². The summed E-state index contributed by atoms with van der Waals surface area (Å²) in [5.41, 5.74) is 0.883. The lowest BCUT2D eigenvalue weighted by Crippen LogP contribution is -2.46. The number of carbonyl (C=O) groups is 1. The maximum atomic E-state index is 11.9. The van der Waals surface area contributed by atoms with Crippen LogP contribution in [0.4, 0.5) is 0 Å². The number of nitrogens with zero attached hydrogens (tertiary/aromatic N) is 2. The molecule has 8 nitrogen and oxygen atoms in total. The number of rotatable bonds is 7. The summed E-state index contributed by atoms with van der Waals surface area (Å²) in [6, 6.07) is 3.65. The number of halogens is 1. The van der Waals surface area contributed by atoms with Gasteiger partial charge in [0.2, 0.25) is 0 Å². The number of piperidine rings is 1. The molecule has 0 atom stereocenters. The van der Waals surface area contributed by atoms with Crippen molar-refractivity contribution in [3.8, 4) is 17.2 Å². The molecule has 1 heterocycles. The molecule has 2 rings (SSSR count). The van der Waals surface area contributed by atoms with Crippen LogP contribution in [0.15, 0.2) is 17.1 Å². The molecule has 1 saturated heterocycles. The maximum absolute atomic E-state index is 11.9. The van der Waals surface area contributed by atoms with E-state index in [9.17, 15) is 4.79 Å². The zero-order chi connectivity index (χ0) is 20.5. The van der Waals surface area contributed by atoms with Gasteiger partial charge in [-0.25, -0.2) is 0 Å². The lowest BCUT2D eigenvalue weighted by Gasteiger charge is -2.33. The van der Waals surface area contributed by atoms with Crippen LogP contribution in [0.3, 0.4) is 0 Å². The van der Waals surface area contributed by atoms with E-state index in [2.05, 4.69) is 15.2 Å². The van der Waals surface area contributed by atoms with Crippen molar-refractivity contribution in [2.75, 3.05) is 48.1 Å². The second-order valence-corrected chi connectivity index (χ2v) is 6.42. The van der Waals surface area contributed by atoms with Gasteiger partial charge in [-0.15, -0.1) is 24.0 Å². The molecule has 1 aromatic rings. The van der Waals surface area contributed by atoms with Crippen LogP contribution in [0.1, 0.15) is 25.3 Å². The summed E-state index contributed by atoms with van der Waals surface area (Å²) >= 11 is 0. The van der Waals surface area contributed by atoms with Crippen molar-refractivity contribution < 1.29 is 23.7 Å². The zero-order valence-corrected chi connectivity index (χ0v) is 20.1. The van der Waals surface area contributed by atoms with Crippen LogP contribution < -0.4 is 19.5 Å². The Labute approximate surface area is 189 Å². The highest BCUT2D eigenvalue weighted by Gasteiger charge is 2.27. The van der Waals surface area contributed by atoms with Crippen molar-refractivity contribution in [2.45, 2.75) is 26.3 Å². The quantitative estimate of drug-likeness (QED) is 0.256. The fraction of sp³-hybridized carbons (Fsp3) is 0.600.